The summed E-state index contributed by atoms with van der Waals surface area (Å²) in [6.45, 7) is 1.05. The molecule has 0 bridgehead atoms. The molecule has 1 rings (SSSR count). The Morgan fingerprint density at radius 1 is 1.10 bits per heavy atom. The highest BCUT2D eigenvalue weighted by Crippen LogP contribution is 2.11. The van der Waals surface area contributed by atoms with E-state index in [2.05, 4.69) is 16.0 Å². The highest BCUT2D eigenvalue weighted by atomic mass is 32.2. The van der Waals surface area contributed by atoms with Crippen LogP contribution in [0.3, 0.4) is 0 Å². The fraction of sp³-hybridized carbons (Fsp3) is 0.474. The van der Waals surface area contributed by atoms with E-state index in [1.165, 1.54) is 19.1 Å². The topological polar surface area (TPSA) is 171 Å². The van der Waals surface area contributed by atoms with Gasteiger partial charge in [-0.25, -0.2) is 4.79 Å². The van der Waals surface area contributed by atoms with Crippen molar-refractivity contribution in [1.29, 1.82) is 0 Å². The average molecular weight is 441 g/mol. The minimum atomic E-state index is -1.23. The molecule has 0 radical (unpaired) electrons. The van der Waals surface area contributed by atoms with Crippen LogP contribution in [0.2, 0.25) is 0 Å². The van der Waals surface area contributed by atoms with E-state index < -0.39 is 41.8 Å². The molecule has 0 aliphatic carbocycles. The van der Waals surface area contributed by atoms with Crippen molar-refractivity contribution >= 4 is 35.5 Å². The van der Waals surface area contributed by atoms with E-state index >= 15 is 0 Å². The number of carbonyl (C=O) groups excluding carboxylic acids is 3. The predicted molar refractivity (Wildman–Crippen MR) is 113 cm³/mol. The van der Waals surface area contributed by atoms with Crippen LogP contribution in [0, 0.1) is 0 Å². The third-order valence-electron chi connectivity index (χ3n) is 4.15. The maximum atomic E-state index is 12.3. The van der Waals surface area contributed by atoms with Gasteiger partial charge in [0.05, 0.1) is 12.6 Å². The Morgan fingerprint density at radius 3 is 2.30 bits per heavy atom. The first-order valence-corrected chi connectivity index (χ1v) is 10.7. The number of carboxylic acids is 1. The first-order valence-electron chi connectivity index (χ1n) is 9.26. The number of hydrogen-bond acceptors (Lipinski definition) is 7. The number of carboxylic acid groups (broad SMARTS) is 1. The molecule has 7 N–H and O–H groups in total. The summed E-state index contributed by atoms with van der Waals surface area (Å²) in [4.78, 5) is 47.5. The van der Waals surface area contributed by atoms with Crippen molar-refractivity contribution < 1.29 is 29.4 Å². The minimum absolute atomic E-state index is 0.00596. The number of thioether (sulfide) groups is 1. The number of nitrogens with one attached hydrogen (secondary N) is 3. The third kappa shape index (κ3) is 9.14. The average Bonchev–Trinajstić information content (AvgIpc) is 2.70. The number of amides is 3. The van der Waals surface area contributed by atoms with E-state index in [1.54, 1.807) is 23.9 Å². The molecule has 0 heterocycles. The lowest BCUT2D eigenvalue weighted by Crippen LogP contribution is -2.53. The second-order valence-electron chi connectivity index (χ2n) is 6.66. The summed E-state index contributed by atoms with van der Waals surface area (Å²) in [6, 6.07) is 2.99. The van der Waals surface area contributed by atoms with Crippen LogP contribution in [0.5, 0.6) is 5.75 Å². The maximum absolute atomic E-state index is 12.3. The second kappa shape index (κ2) is 12.7. The van der Waals surface area contributed by atoms with Crippen LogP contribution < -0.4 is 21.7 Å². The Bertz CT molecular complexity index is 743. The fourth-order valence-electron chi connectivity index (χ4n) is 2.40. The van der Waals surface area contributed by atoms with Crippen LogP contribution in [0.4, 0.5) is 0 Å². The summed E-state index contributed by atoms with van der Waals surface area (Å²) >= 11 is 1.55. The van der Waals surface area contributed by atoms with Gasteiger partial charge < -0.3 is 31.9 Å². The molecule has 166 valence electrons. The Morgan fingerprint density at radius 2 is 1.73 bits per heavy atom. The lowest BCUT2D eigenvalue weighted by molar-refractivity contribution is -0.142. The highest BCUT2D eigenvalue weighted by Gasteiger charge is 2.24. The lowest BCUT2D eigenvalue weighted by Gasteiger charge is -2.19. The van der Waals surface area contributed by atoms with Crippen LogP contribution in [-0.4, -0.2) is 70.6 Å². The molecule has 1 aromatic carbocycles. The number of benzene rings is 1. The number of aliphatic carboxylic acids is 1. The van der Waals surface area contributed by atoms with Crippen molar-refractivity contribution in [2.24, 2.45) is 5.73 Å². The van der Waals surface area contributed by atoms with Crippen LogP contribution in [-0.2, 0) is 25.6 Å². The summed E-state index contributed by atoms with van der Waals surface area (Å²) in [7, 11) is 0. The molecule has 0 aliphatic heterocycles. The van der Waals surface area contributed by atoms with Crippen LogP contribution >= 0.6 is 11.8 Å². The normalized spacial score (nSPS) is 13.6. The third-order valence-corrected chi connectivity index (χ3v) is 4.80. The quantitative estimate of drug-likeness (QED) is 0.245. The smallest absolute Gasteiger partial charge is 0.326 e. The van der Waals surface area contributed by atoms with Crippen molar-refractivity contribution in [1.82, 2.24) is 16.0 Å². The van der Waals surface area contributed by atoms with E-state index in [4.69, 9.17) is 5.73 Å². The van der Waals surface area contributed by atoms with E-state index in [-0.39, 0.29) is 18.7 Å². The lowest BCUT2D eigenvalue weighted by atomic mass is 10.1. The molecule has 0 fully saturated rings. The van der Waals surface area contributed by atoms with Gasteiger partial charge in [0.25, 0.3) is 0 Å². The number of nitrogens with two attached hydrogens (primary N) is 1. The number of hydrogen-bond donors (Lipinski definition) is 6. The zero-order valence-corrected chi connectivity index (χ0v) is 17.7. The number of phenolic OH excluding ortho intramolecular Hbond substituents is 1. The zero-order valence-electron chi connectivity index (χ0n) is 16.9. The number of carbonyl (C=O) groups is 4. The zero-order chi connectivity index (χ0) is 22.7. The molecule has 30 heavy (non-hydrogen) atoms. The van der Waals surface area contributed by atoms with Gasteiger partial charge in [0, 0.05) is 6.42 Å². The van der Waals surface area contributed by atoms with Crippen LogP contribution in [0.1, 0.15) is 18.9 Å². The Labute approximate surface area is 179 Å². The minimum Gasteiger partial charge on any atom is -0.508 e. The van der Waals surface area contributed by atoms with Gasteiger partial charge in [-0.15, -0.1) is 0 Å². The summed E-state index contributed by atoms with van der Waals surface area (Å²) in [5.74, 6) is -2.22. The van der Waals surface area contributed by atoms with E-state index in [0.717, 1.165) is 0 Å². The van der Waals surface area contributed by atoms with Crippen molar-refractivity contribution in [3.63, 3.8) is 0 Å². The summed E-state index contributed by atoms with van der Waals surface area (Å²) < 4.78 is 0. The number of aromatic hydroxyl groups is 1. The Kier molecular flexibility index (Phi) is 10.7. The molecule has 11 heteroatoms. The van der Waals surface area contributed by atoms with Crippen molar-refractivity contribution in [3.8, 4) is 5.75 Å². The summed E-state index contributed by atoms with van der Waals surface area (Å²) in [6.07, 6.45) is 2.38. The van der Waals surface area contributed by atoms with Gasteiger partial charge in [-0.2, -0.15) is 11.8 Å². The van der Waals surface area contributed by atoms with E-state index in [1.807, 2.05) is 6.26 Å². The molecule has 10 nitrogen and oxygen atoms in total. The molecule has 0 aromatic heterocycles. The second-order valence-corrected chi connectivity index (χ2v) is 7.65. The summed E-state index contributed by atoms with van der Waals surface area (Å²) in [5, 5.41) is 25.8. The standard InChI is InChI=1S/C19H28N4O6S/c1-11(22-16(25)10-21-18(27)14(20)7-8-30-2)17(26)23-15(19(28)29)9-12-3-5-13(24)6-4-12/h3-6,11,14-15,24H,7-10,20H2,1-2H3,(H,21,27)(H,22,25)(H,23,26)(H,28,29). The number of rotatable bonds is 12. The first-order chi connectivity index (χ1) is 14.1. The van der Waals surface area contributed by atoms with Gasteiger partial charge in [-0.05, 0) is 43.0 Å². The molecule has 0 saturated carbocycles. The van der Waals surface area contributed by atoms with Gasteiger partial charge >= 0.3 is 5.97 Å². The van der Waals surface area contributed by atoms with Gasteiger partial charge in [-0.3, -0.25) is 14.4 Å². The maximum Gasteiger partial charge on any atom is 0.326 e. The van der Waals surface area contributed by atoms with Crippen molar-refractivity contribution in [2.45, 2.75) is 37.9 Å². The molecule has 1 aromatic rings. The van der Waals surface area contributed by atoms with Crippen molar-refractivity contribution in [3.05, 3.63) is 29.8 Å². The number of phenols is 1. The molecular formula is C19H28N4O6S. The monoisotopic (exact) mass is 440 g/mol. The van der Waals surface area contributed by atoms with Gasteiger partial charge in [0.15, 0.2) is 0 Å². The van der Waals surface area contributed by atoms with Crippen LogP contribution in [0.15, 0.2) is 24.3 Å². The van der Waals surface area contributed by atoms with Crippen molar-refractivity contribution in [2.75, 3.05) is 18.6 Å². The molecule has 0 saturated heterocycles. The highest BCUT2D eigenvalue weighted by molar-refractivity contribution is 7.98. The predicted octanol–water partition coefficient (Wildman–Crippen LogP) is -0.795. The van der Waals surface area contributed by atoms with Gasteiger partial charge in [0.1, 0.15) is 17.8 Å². The molecule has 0 aliphatic rings. The van der Waals surface area contributed by atoms with Gasteiger partial charge in [-0.1, -0.05) is 12.1 Å². The molecule has 0 spiro atoms. The molecule has 3 amide bonds. The SMILES string of the molecule is CSCCC(N)C(=O)NCC(=O)NC(C)C(=O)NC(Cc1ccc(O)cc1)C(=O)O. The molecular weight excluding hydrogens is 412 g/mol. The summed E-state index contributed by atoms with van der Waals surface area (Å²) in [5.41, 5.74) is 6.31. The Hall–Kier alpha value is -2.79. The largest absolute Gasteiger partial charge is 0.508 e. The van der Waals surface area contributed by atoms with E-state index in [0.29, 0.717) is 17.7 Å². The fourth-order valence-corrected chi connectivity index (χ4v) is 2.89. The van der Waals surface area contributed by atoms with Gasteiger partial charge in [0.2, 0.25) is 17.7 Å². The van der Waals surface area contributed by atoms with Crippen LogP contribution in [0.25, 0.3) is 0 Å². The van der Waals surface area contributed by atoms with E-state index in [9.17, 15) is 29.4 Å². The first kappa shape index (κ1) is 25.2. The molecule has 3 atom stereocenters. The Balaban J connectivity index is 2.50. The molecule has 3 unspecified atom stereocenters.